The first kappa shape index (κ1) is 22.0. The molecule has 4 heterocycles. The van der Waals surface area contributed by atoms with E-state index in [-0.39, 0.29) is 29.2 Å². The van der Waals surface area contributed by atoms with Crippen molar-refractivity contribution in [2.45, 2.75) is 25.8 Å². The average Bonchev–Trinajstić information content (AvgIpc) is 3.51. The zero-order valence-corrected chi connectivity index (χ0v) is 18.9. The Hall–Kier alpha value is -4.78. The highest BCUT2D eigenvalue weighted by Crippen LogP contribution is 2.34. The molecule has 0 unspecified atom stereocenters. The Morgan fingerprint density at radius 3 is 2.71 bits per heavy atom. The second kappa shape index (κ2) is 9.23. The van der Waals surface area contributed by atoms with Crippen LogP contribution in [0.4, 0.5) is 5.82 Å². The Morgan fingerprint density at radius 1 is 1.14 bits per heavy atom. The SMILES string of the molecule is CC#CC(=O)N1CCC[C@H]1c1nc(C(=O)c2ccc(Oc3cnccn3)cc2)c2c(N)nccn12. The van der Waals surface area contributed by atoms with Crippen LogP contribution in [0.15, 0.2) is 55.2 Å². The van der Waals surface area contributed by atoms with Gasteiger partial charge >= 0.3 is 0 Å². The Morgan fingerprint density at radius 2 is 1.97 bits per heavy atom. The van der Waals surface area contributed by atoms with Crippen LogP contribution in [0.5, 0.6) is 11.6 Å². The largest absolute Gasteiger partial charge is 0.438 e. The molecule has 0 radical (unpaired) electrons. The summed E-state index contributed by atoms with van der Waals surface area (Å²) in [6, 6.07) is 6.32. The predicted octanol–water partition coefficient (Wildman–Crippen LogP) is 2.81. The van der Waals surface area contributed by atoms with E-state index in [2.05, 4.69) is 26.8 Å². The van der Waals surface area contributed by atoms with Crippen molar-refractivity contribution >= 4 is 23.0 Å². The van der Waals surface area contributed by atoms with Crippen LogP contribution in [-0.4, -0.2) is 47.5 Å². The highest BCUT2D eigenvalue weighted by molar-refractivity contribution is 6.13. The summed E-state index contributed by atoms with van der Waals surface area (Å²) < 4.78 is 7.40. The van der Waals surface area contributed by atoms with Crippen LogP contribution >= 0.6 is 0 Å². The molecule has 0 saturated carbocycles. The highest BCUT2D eigenvalue weighted by Gasteiger charge is 2.34. The summed E-state index contributed by atoms with van der Waals surface area (Å²) >= 11 is 0. The van der Waals surface area contributed by atoms with Crippen LogP contribution in [0.3, 0.4) is 0 Å². The number of amides is 1. The van der Waals surface area contributed by atoms with E-state index in [1.165, 1.54) is 12.4 Å². The second-order valence-electron chi connectivity index (χ2n) is 7.88. The lowest BCUT2D eigenvalue weighted by molar-refractivity contribution is -0.126. The first-order chi connectivity index (χ1) is 17.1. The van der Waals surface area contributed by atoms with Gasteiger partial charge in [-0.05, 0) is 50.0 Å². The van der Waals surface area contributed by atoms with Gasteiger partial charge in [0.05, 0.1) is 12.2 Å². The molecule has 5 rings (SSSR count). The molecule has 1 saturated heterocycles. The van der Waals surface area contributed by atoms with Gasteiger partial charge in [0.25, 0.3) is 5.91 Å². The van der Waals surface area contributed by atoms with Gasteiger partial charge in [0, 0.05) is 36.9 Å². The molecular weight excluding hydrogens is 446 g/mol. The van der Waals surface area contributed by atoms with E-state index in [1.807, 2.05) is 0 Å². The van der Waals surface area contributed by atoms with Crippen LogP contribution in [0.1, 0.15) is 47.7 Å². The van der Waals surface area contributed by atoms with E-state index in [4.69, 9.17) is 15.5 Å². The van der Waals surface area contributed by atoms with Gasteiger partial charge in [-0.25, -0.2) is 15.0 Å². The fourth-order valence-electron chi connectivity index (χ4n) is 4.21. The number of rotatable bonds is 5. The molecule has 4 aromatic rings. The number of imidazole rings is 1. The summed E-state index contributed by atoms with van der Waals surface area (Å²) in [5, 5.41) is 0. The third kappa shape index (κ3) is 4.15. The van der Waals surface area contributed by atoms with Crippen molar-refractivity contribution < 1.29 is 14.3 Å². The number of benzene rings is 1. The Balaban J connectivity index is 1.50. The average molecular weight is 467 g/mol. The summed E-state index contributed by atoms with van der Waals surface area (Å²) in [6.07, 6.45) is 9.35. The molecule has 1 fully saturated rings. The lowest BCUT2D eigenvalue weighted by Crippen LogP contribution is -2.30. The van der Waals surface area contributed by atoms with Crippen molar-refractivity contribution in [1.82, 2.24) is 29.2 Å². The van der Waals surface area contributed by atoms with E-state index in [9.17, 15) is 9.59 Å². The second-order valence-corrected chi connectivity index (χ2v) is 7.88. The number of carbonyl (C=O) groups is 2. The van der Waals surface area contributed by atoms with Crippen molar-refractivity contribution in [2.24, 2.45) is 0 Å². The predicted molar refractivity (Wildman–Crippen MR) is 127 cm³/mol. The number of hydrogen-bond acceptors (Lipinski definition) is 8. The van der Waals surface area contributed by atoms with Crippen molar-refractivity contribution in [1.29, 1.82) is 0 Å². The van der Waals surface area contributed by atoms with Crippen LogP contribution < -0.4 is 10.5 Å². The molecule has 174 valence electrons. The van der Waals surface area contributed by atoms with Crippen LogP contribution in [-0.2, 0) is 4.79 Å². The number of carbonyl (C=O) groups excluding carboxylic acids is 2. The Bertz CT molecular complexity index is 1470. The van der Waals surface area contributed by atoms with E-state index < -0.39 is 0 Å². The molecular formula is C25H21N7O3. The molecule has 3 aromatic heterocycles. The fourth-order valence-corrected chi connectivity index (χ4v) is 4.21. The maximum absolute atomic E-state index is 13.5. The van der Waals surface area contributed by atoms with E-state index in [0.29, 0.717) is 41.5 Å². The third-order valence-electron chi connectivity index (χ3n) is 5.75. The van der Waals surface area contributed by atoms with Crippen LogP contribution in [0.25, 0.3) is 5.52 Å². The Labute approximate surface area is 200 Å². The standard InChI is InChI=1S/C25H21N7O3/c1-2-4-20(33)31-13-3-5-18(31)25-30-21(22-24(26)29-12-14-32(22)25)23(34)16-6-8-17(9-7-16)35-19-15-27-10-11-28-19/h6-12,14-15,18H,3,5,13H2,1H3,(H2,26,29)/t18-/m0/s1. The van der Waals surface area contributed by atoms with Gasteiger partial charge in [0.2, 0.25) is 11.7 Å². The van der Waals surface area contributed by atoms with Crippen molar-refractivity contribution in [3.05, 3.63) is 72.3 Å². The molecule has 1 aliphatic heterocycles. The van der Waals surface area contributed by atoms with Gasteiger partial charge in [0.15, 0.2) is 0 Å². The van der Waals surface area contributed by atoms with E-state index >= 15 is 0 Å². The molecule has 0 bridgehead atoms. The van der Waals surface area contributed by atoms with Crippen molar-refractivity contribution in [3.8, 4) is 23.5 Å². The third-order valence-corrected chi connectivity index (χ3v) is 5.75. The minimum atomic E-state index is -0.318. The molecule has 1 amide bonds. The van der Waals surface area contributed by atoms with Gasteiger partial charge in [-0.3, -0.25) is 19.0 Å². The quantitative estimate of drug-likeness (QED) is 0.350. The number of nitrogens with two attached hydrogens (primary N) is 1. The number of hydrogen-bond donors (Lipinski definition) is 1. The lowest BCUT2D eigenvalue weighted by Gasteiger charge is -2.21. The van der Waals surface area contributed by atoms with Gasteiger partial charge in [0.1, 0.15) is 28.6 Å². The number of aromatic nitrogens is 5. The molecule has 2 N–H and O–H groups in total. The minimum absolute atomic E-state index is 0.175. The summed E-state index contributed by atoms with van der Waals surface area (Å²) in [4.78, 5) is 44.6. The van der Waals surface area contributed by atoms with Crippen molar-refractivity contribution in [3.63, 3.8) is 0 Å². The van der Waals surface area contributed by atoms with Gasteiger partial charge < -0.3 is 15.4 Å². The minimum Gasteiger partial charge on any atom is -0.438 e. The molecule has 1 aromatic carbocycles. The zero-order chi connectivity index (χ0) is 24.4. The highest BCUT2D eigenvalue weighted by atomic mass is 16.5. The van der Waals surface area contributed by atoms with E-state index in [1.54, 1.807) is 59.1 Å². The molecule has 10 heteroatoms. The number of nitrogens with zero attached hydrogens (tertiary/aromatic N) is 6. The van der Waals surface area contributed by atoms with Crippen molar-refractivity contribution in [2.75, 3.05) is 12.3 Å². The topological polar surface area (TPSA) is 129 Å². The Kier molecular flexibility index (Phi) is 5.81. The molecule has 1 atom stereocenters. The monoisotopic (exact) mass is 467 g/mol. The van der Waals surface area contributed by atoms with Crippen LogP contribution in [0, 0.1) is 11.8 Å². The molecule has 1 aliphatic rings. The van der Waals surface area contributed by atoms with Gasteiger partial charge in [-0.15, -0.1) is 0 Å². The number of fused-ring (bicyclic) bond motifs is 1. The molecule has 10 nitrogen and oxygen atoms in total. The van der Waals surface area contributed by atoms with E-state index in [0.717, 1.165) is 6.42 Å². The molecule has 35 heavy (non-hydrogen) atoms. The number of ether oxygens (including phenoxy) is 1. The molecule has 0 spiro atoms. The summed E-state index contributed by atoms with van der Waals surface area (Å²) in [6.45, 7) is 2.20. The number of likely N-dealkylation sites (tertiary alicyclic amines) is 1. The number of anilines is 1. The first-order valence-electron chi connectivity index (χ1n) is 11.0. The zero-order valence-electron chi connectivity index (χ0n) is 18.9. The number of nitrogen functional groups attached to an aromatic ring is 1. The molecule has 0 aliphatic carbocycles. The van der Waals surface area contributed by atoms with Gasteiger partial charge in [-0.1, -0.05) is 5.92 Å². The smallest absolute Gasteiger partial charge is 0.299 e. The lowest BCUT2D eigenvalue weighted by atomic mass is 10.1. The summed E-state index contributed by atoms with van der Waals surface area (Å²) in [5.41, 5.74) is 7.17. The fraction of sp³-hybridized carbons (Fsp3) is 0.200. The number of ketones is 1. The summed E-state index contributed by atoms with van der Waals surface area (Å²) in [7, 11) is 0. The normalized spacial score (nSPS) is 15.0. The maximum Gasteiger partial charge on any atom is 0.299 e. The maximum atomic E-state index is 13.5. The first-order valence-corrected chi connectivity index (χ1v) is 11.0. The van der Waals surface area contributed by atoms with Gasteiger partial charge in [-0.2, -0.15) is 0 Å². The summed E-state index contributed by atoms with van der Waals surface area (Å²) in [5.74, 6) is 6.27. The van der Waals surface area contributed by atoms with Crippen LogP contribution in [0.2, 0.25) is 0 Å².